The van der Waals surface area contributed by atoms with Crippen molar-refractivity contribution in [2.45, 2.75) is 38.1 Å². The summed E-state index contributed by atoms with van der Waals surface area (Å²) in [6, 6.07) is 6.88. The van der Waals surface area contributed by atoms with E-state index in [2.05, 4.69) is 21.7 Å². The van der Waals surface area contributed by atoms with Crippen molar-refractivity contribution in [3.05, 3.63) is 46.2 Å². The summed E-state index contributed by atoms with van der Waals surface area (Å²) in [5, 5.41) is 7.23. The highest BCUT2D eigenvalue weighted by atomic mass is 32.1. The molecule has 1 N–H and O–H groups in total. The highest BCUT2D eigenvalue weighted by Crippen LogP contribution is 2.39. The van der Waals surface area contributed by atoms with E-state index in [-0.39, 0.29) is 11.9 Å². The van der Waals surface area contributed by atoms with E-state index in [1.807, 2.05) is 12.1 Å². The van der Waals surface area contributed by atoms with Crippen LogP contribution in [0.5, 0.6) is 0 Å². The molecule has 1 aliphatic rings. The van der Waals surface area contributed by atoms with Crippen molar-refractivity contribution in [3.8, 4) is 0 Å². The SMILES string of the molecule is CC(Cc1ccc(F)cc1)n1c(C2CC2)n[nH]c1=S. The lowest BCUT2D eigenvalue weighted by Crippen LogP contribution is -2.11. The highest BCUT2D eigenvalue weighted by molar-refractivity contribution is 7.71. The molecule has 1 aliphatic carbocycles. The van der Waals surface area contributed by atoms with Gasteiger partial charge in [-0.2, -0.15) is 5.10 Å². The molecule has 1 aromatic heterocycles. The quantitative estimate of drug-likeness (QED) is 0.863. The van der Waals surface area contributed by atoms with Gasteiger partial charge in [0.1, 0.15) is 11.6 Å². The molecule has 3 rings (SSSR count). The molecular weight excluding hydrogens is 261 g/mol. The summed E-state index contributed by atoms with van der Waals surface area (Å²) in [5.74, 6) is 1.43. The van der Waals surface area contributed by atoms with E-state index in [9.17, 15) is 4.39 Å². The van der Waals surface area contributed by atoms with Crippen molar-refractivity contribution in [2.75, 3.05) is 0 Å². The average Bonchev–Trinajstić information content (AvgIpc) is 3.15. The number of hydrogen-bond acceptors (Lipinski definition) is 2. The van der Waals surface area contributed by atoms with E-state index in [0.717, 1.165) is 17.8 Å². The first-order valence-electron chi connectivity index (χ1n) is 6.56. The van der Waals surface area contributed by atoms with Gasteiger partial charge in [0.05, 0.1) is 0 Å². The van der Waals surface area contributed by atoms with Gasteiger partial charge >= 0.3 is 0 Å². The van der Waals surface area contributed by atoms with E-state index in [1.54, 1.807) is 0 Å². The first-order chi connectivity index (χ1) is 9.15. The van der Waals surface area contributed by atoms with Crippen molar-refractivity contribution in [1.29, 1.82) is 0 Å². The number of aromatic amines is 1. The van der Waals surface area contributed by atoms with E-state index in [4.69, 9.17) is 12.2 Å². The topological polar surface area (TPSA) is 33.6 Å². The fourth-order valence-electron chi connectivity index (χ4n) is 2.43. The van der Waals surface area contributed by atoms with Crippen molar-refractivity contribution >= 4 is 12.2 Å². The van der Waals surface area contributed by atoms with Crippen molar-refractivity contribution < 1.29 is 4.39 Å². The molecule has 0 amide bonds. The largest absolute Gasteiger partial charge is 0.301 e. The molecule has 1 aromatic carbocycles. The third-order valence-corrected chi connectivity index (χ3v) is 3.85. The lowest BCUT2D eigenvalue weighted by molar-refractivity contribution is 0.514. The molecule has 0 saturated heterocycles. The summed E-state index contributed by atoms with van der Waals surface area (Å²) < 4.78 is 15.7. The molecule has 1 heterocycles. The molecule has 0 radical (unpaired) electrons. The minimum absolute atomic E-state index is 0.199. The molecule has 5 heteroatoms. The van der Waals surface area contributed by atoms with Crippen molar-refractivity contribution in [3.63, 3.8) is 0 Å². The van der Waals surface area contributed by atoms with Gasteiger partial charge in [0.15, 0.2) is 4.77 Å². The number of hydrogen-bond donors (Lipinski definition) is 1. The van der Waals surface area contributed by atoms with Crippen LogP contribution in [0.25, 0.3) is 0 Å². The maximum atomic E-state index is 12.9. The Morgan fingerprint density at radius 1 is 1.42 bits per heavy atom. The zero-order valence-electron chi connectivity index (χ0n) is 10.8. The number of benzene rings is 1. The van der Waals surface area contributed by atoms with Crippen LogP contribution in [0, 0.1) is 10.6 Å². The molecule has 0 spiro atoms. The lowest BCUT2D eigenvalue weighted by atomic mass is 10.1. The fourth-order valence-corrected chi connectivity index (χ4v) is 2.74. The molecule has 1 atom stereocenters. The van der Waals surface area contributed by atoms with Gasteiger partial charge in [0.2, 0.25) is 0 Å². The third kappa shape index (κ3) is 2.61. The number of nitrogens with zero attached hydrogens (tertiary/aromatic N) is 2. The van der Waals surface area contributed by atoms with Crippen LogP contribution in [0.2, 0.25) is 0 Å². The summed E-state index contributed by atoms with van der Waals surface area (Å²) in [5.41, 5.74) is 1.11. The Labute approximate surface area is 116 Å². The fraction of sp³-hybridized carbons (Fsp3) is 0.429. The van der Waals surface area contributed by atoms with Crippen LogP contribution in [0.15, 0.2) is 24.3 Å². The third-order valence-electron chi connectivity index (χ3n) is 3.56. The molecule has 0 aliphatic heterocycles. The molecule has 0 bridgehead atoms. The van der Waals surface area contributed by atoms with Crippen LogP contribution in [-0.2, 0) is 6.42 Å². The Balaban J connectivity index is 1.83. The van der Waals surface area contributed by atoms with E-state index >= 15 is 0 Å². The lowest BCUT2D eigenvalue weighted by Gasteiger charge is -2.15. The molecular formula is C14H16FN3S. The van der Waals surface area contributed by atoms with Gasteiger partial charge in [-0.1, -0.05) is 12.1 Å². The second kappa shape index (κ2) is 4.89. The first kappa shape index (κ1) is 12.5. The van der Waals surface area contributed by atoms with Crippen molar-refractivity contribution in [2.24, 2.45) is 0 Å². The highest BCUT2D eigenvalue weighted by Gasteiger charge is 2.30. The molecule has 19 heavy (non-hydrogen) atoms. The predicted molar refractivity (Wildman–Crippen MR) is 74.2 cm³/mol. The molecule has 1 unspecified atom stereocenters. The summed E-state index contributed by atoms with van der Waals surface area (Å²) >= 11 is 5.32. The minimum atomic E-state index is -0.199. The maximum Gasteiger partial charge on any atom is 0.195 e. The van der Waals surface area contributed by atoms with Gasteiger partial charge in [-0.15, -0.1) is 0 Å². The Morgan fingerprint density at radius 2 is 2.11 bits per heavy atom. The monoisotopic (exact) mass is 277 g/mol. The number of halogens is 1. The molecule has 1 saturated carbocycles. The smallest absolute Gasteiger partial charge is 0.195 e. The maximum absolute atomic E-state index is 12.9. The summed E-state index contributed by atoms with van der Waals surface area (Å²) in [6.45, 7) is 2.13. The van der Waals surface area contributed by atoms with Crippen LogP contribution in [0.1, 0.15) is 43.1 Å². The van der Waals surface area contributed by atoms with E-state index < -0.39 is 0 Å². The van der Waals surface area contributed by atoms with Crippen LogP contribution in [-0.4, -0.2) is 14.8 Å². The zero-order chi connectivity index (χ0) is 13.4. The second-order valence-electron chi connectivity index (χ2n) is 5.21. The van der Waals surface area contributed by atoms with Crippen LogP contribution >= 0.6 is 12.2 Å². The molecule has 2 aromatic rings. The van der Waals surface area contributed by atoms with Crippen LogP contribution < -0.4 is 0 Å². The number of nitrogens with one attached hydrogen (secondary N) is 1. The number of H-pyrrole nitrogens is 1. The van der Waals surface area contributed by atoms with Gasteiger partial charge in [-0.05, 0) is 56.1 Å². The Hall–Kier alpha value is -1.49. The summed E-state index contributed by atoms with van der Waals surface area (Å²) in [6.07, 6.45) is 3.22. The number of rotatable bonds is 4. The van der Waals surface area contributed by atoms with Gasteiger partial charge in [0.25, 0.3) is 0 Å². The summed E-state index contributed by atoms with van der Waals surface area (Å²) in [7, 11) is 0. The predicted octanol–water partition coefficient (Wildman–Crippen LogP) is 3.76. The van der Waals surface area contributed by atoms with Gasteiger partial charge in [0, 0.05) is 12.0 Å². The van der Waals surface area contributed by atoms with Crippen LogP contribution in [0.4, 0.5) is 4.39 Å². The Bertz CT molecular complexity index is 625. The molecule has 3 nitrogen and oxygen atoms in total. The Morgan fingerprint density at radius 3 is 2.74 bits per heavy atom. The summed E-state index contributed by atoms with van der Waals surface area (Å²) in [4.78, 5) is 0. The Kier molecular flexibility index (Phi) is 3.22. The van der Waals surface area contributed by atoms with E-state index in [1.165, 1.54) is 25.0 Å². The van der Waals surface area contributed by atoms with Crippen LogP contribution in [0.3, 0.4) is 0 Å². The second-order valence-corrected chi connectivity index (χ2v) is 5.60. The van der Waals surface area contributed by atoms with Gasteiger partial charge < -0.3 is 4.57 Å². The number of aromatic nitrogens is 3. The normalized spacial score (nSPS) is 16.5. The standard InChI is InChI=1S/C14H16FN3S/c1-9(8-10-2-6-12(15)7-3-10)18-13(11-4-5-11)16-17-14(18)19/h2-3,6-7,9,11H,4-5,8H2,1H3,(H,17,19). The molecule has 100 valence electrons. The zero-order valence-corrected chi connectivity index (χ0v) is 11.6. The average molecular weight is 277 g/mol. The van der Waals surface area contributed by atoms with Gasteiger partial charge in [-0.25, -0.2) is 4.39 Å². The van der Waals surface area contributed by atoms with Crippen molar-refractivity contribution in [1.82, 2.24) is 14.8 Å². The minimum Gasteiger partial charge on any atom is -0.301 e. The molecule has 1 fully saturated rings. The first-order valence-corrected chi connectivity index (χ1v) is 6.97. The van der Waals surface area contributed by atoms with E-state index in [0.29, 0.717) is 10.7 Å². The van der Waals surface area contributed by atoms with Gasteiger partial charge in [-0.3, -0.25) is 5.10 Å².